The lowest BCUT2D eigenvalue weighted by atomic mass is 10.1. The number of nitrogens with two attached hydrogens (primary N) is 1. The molecule has 1 amide bonds. The zero-order valence-electron chi connectivity index (χ0n) is 12.8. The molecule has 0 bridgehead atoms. The zero-order valence-corrected chi connectivity index (χ0v) is 12.8. The van der Waals surface area contributed by atoms with Gasteiger partial charge in [-0.2, -0.15) is 0 Å². The van der Waals surface area contributed by atoms with E-state index in [2.05, 4.69) is 36.5 Å². The number of carbonyl (C=O) groups excluding carboxylic acids is 1. The minimum atomic E-state index is 0.165. The van der Waals surface area contributed by atoms with E-state index >= 15 is 0 Å². The van der Waals surface area contributed by atoms with E-state index < -0.39 is 0 Å². The molecule has 0 aromatic heterocycles. The first-order chi connectivity index (χ1) is 9.58. The molecule has 112 valence electrons. The first-order valence-corrected chi connectivity index (χ1v) is 7.66. The van der Waals surface area contributed by atoms with Crippen LogP contribution in [0, 0.1) is 6.92 Å². The van der Waals surface area contributed by atoms with Crippen LogP contribution in [0.2, 0.25) is 0 Å². The van der Waals surface area contributed by atoms with Crippen LogP contribution in [0.15, 0.2) is 24.3 Å². The number of rotatable bonds is 9. The average Bonchev–Trinajstić information content (AvgIpc) is 2.40. The fraction of sp³-hybridized carbons (Fsp3) is 0.588. The van der Waals surface area contributed by atoms with Gasteiger partial charge in [-0.05, 0) is 45.1 Å². The van der Waals surface area contributed by atoms with E-state index in [1.807, 2.05) is 6.92 Å². The molecule has 1 rings (SSSR count). The van der Waals surface area contributed by atoms with Gasteiger partial charge in [-0.15, -0.1) is 0 Å². The van der Waals surface area contributed by atoms with Crippen molar-refractivity contribution in [3.63, 3.8) is 0 Å². The third-order valence-electron chi connectivity index (χ3n) is 3.40. The summed E-state index contributed by atoms with van der Waals surface area (Å²) in [5.74, 6) is 0.165. The number of benzene rings is 1. The highest BCUT2D eigenvalue weighted by Crippen LogP contribution is 2.07. The standard InChI is InChI=1S/C17H28N2O/c1-14-9-11-16(12-10-14)7-5-8-17(20)19-13-4-3-6-15(2)18/h9-12,15H,3-8,13,18H2,1-2H3,(H,19,20). The molecular formula is C17H28N2O. The zero-order chi connectivity index (χ0) is 14.8. The van der Waals surface area contributed by atoms with Gasteiger partial charge in [0.15, 0.2) is 0 Å². The summed E-state index contributed by atoms with van der Waals surface area (Å²) < 4.78 is 0. The van der Waals surface area contributed by atoms with Crippen molar-refractivity contribution in [3.8, 4) is 0 Å². The van der Waals surface area contributed by atoms with Crippen molar-refractivity contribution in [1.29, 1.82) is 0 Å². The molecule has 0 heterocycles. The number of carbonyl (C=O) groups is 1. The molecule has 3 nitrogen and oxygen atoms in total. The molecule has 0 saturated heterocycles. The lowest BCUT2D eigenvalue weighted by molar-refractivity contribution is -0.121. The summed E-state index contributed by atoms with van der Waals surface area (Å²) in [6.45, 7) is 4.88. The Labute approximate surface area is 122 Å². The van der Waals surface area contributed by atoms with Crippen molar-refractivity contribution in [1.82, 2.24) is 5.32 Å². The number of nitrogens with one attached hydrogen (secondary N) is 1. The Kier molecular flexibility index (Phi) is 7.97. The minimum Gasteiger partial charge on any atom is -0.356 e. The van der Waals surface area contributed by atoms with Crippen LogP contribution in [0.5, 0.6) is 0 Å². The summed E-state index contributed by atoms with van der Waals surface area (Å²) in [5.41, 5.74) is 8.26. The van der Waals surface area contributed by atoms with E-state index in [4.69, 9.17) is 5.73 Å². The van der Waals surface area contributed by atoms with Gasteiger partial charge in [0.05, 0.1) is 0 Å². The third kappa shape index (κ3) is 7.95. The average molecular weight is 276 g/mol. The van der Waals surface area contributed by atoms with Crippen LogP contribution < -0.4 is 11.1 Å². The summed E-state index contributed by atoms with van der Waals surface area (Å²) in [5, 5.41) is 2.97. The largest absolute Gasteiger partial charge is 0.356 e. The van der Waals surface area contributed by atoms with E-state index in [0.717, 1.165) is 38.6 Å². The van der Waals surface area contributed by atoms with Crippen molar-refractivity contribution >= 4 is 5.91 Å². The smallest absolute Gasteiger partial charge is 0.220 e. The van der Waals surface area contributed by atoms with E-state index in [1.165, 1.54) is 11.1 Å². The Morgan fingerprint density at radius 2 is 1.90 bits per heavy atom. The van der Waals surface area contributed by atoms with Crippen molar-refractivity contribution in [3.05, 3.63) is 35.4 Å². The molecule has 1 unspecified atom stereocenters. The predicted octanol–water partition coefficient (Wildman–Crippen LogP) is 2.95. The van der Waals surface area contributed by atoms with Gasteiger partial charge in [0.2, 0.25) is 5.91 Å². The quantitative estimate of drug-likeness (QED) is 0.681. The van der Waals surface area contributed by atoms with Crippen molar-refractivity contribution in [2.75, 3.05) is 6.54 Å². The molecule has 0 fully saturated rings. The monoisotopic (exact) mass is 276 g/mol. The molecule has 1 atom stereocenters. The molecule has 0 radical (unpaired) electrons. The molecule has 0 aliphatic carbocycles. The predicted molar refractivity (Wildman–Crippen MR) is 84.6 cm³/mol. The van der Waals surface area contributed by atoms with Crippen molar-refractivity contribution in [2.24, 2.45) is 5.73 Å². The second kappa shape index (κ2) is 9.54. The normalized spacial score (nSPS) is 12.2. The SMILES string of the molecule is Cc1ccc(CCCC(=O)NCCCCC(C)N)cc1. The Morgan fingerprint density at radius 3 is 2.55 bits per heavy atom. The summed E-state index contributed by atoms with van der Waals surface area (Å²) >= 11 is 0. The van der Waals surface area contributed by atoms with Crippen molar-refractivity contribution in [2.45, 2.75) is 58.4 Å². The molecule has 0 saturated carbocycles. The number of hydrogen-bond donors (Lipinski definition) is 2. The van der Waals surface area contributed by atoms with Gasteiger partial charge in [-0.25, -0.2) is 0 Å². The maximum absolute atomic E-state index is 11.6. The Balaban J connectivity index is 2.04. The fourth-order valence-corrected chi connectivity index (χ4v) is 2.12. The van der Waals surface area contributed by atoms with Gasteiger partial charge in [0.1, 0.15) is 0 Å². The van der Waals surface area contributed by atoms with E-state index in [-0.39, 0.29) is 11.9 Å². The molecule has 0 aliphatic rings. The van der Waals surface area contributed by atoms with Gasteiger partial charge in [-0.3, -0.25) is 4.79 Å². The molecule has 1 aromatic carbocycles. The van der Waals surface area contributed by atoms with Crippen LogP contribution in [-0.2, 0) is 11.2 Å². The minimum absolute atomic E-state index is 0.165. The number of unbranched alkanes of at least 4 members (excludes halogenated alkanes) is 1. The Morgan fingerprint density at radius 1 is 1.20 bits per heavy atom. The lowest BCUT2D eigenvalue weighted by Crippen LogP contribution is -2.24. The van der Waals surface area contributed by atoms with Gasteiger partial charge in [-0.1, -0.05) is 36.2 Å². The summed E-state index contributed by atoms with van der Waals surface area (Å²) in [6.07, 6.45) is 5.63. The first kappa shape index (κ1) is 16.7. The second-order valence-corrected chi connectivity index (χ2v) is 5.66. The van der Waals surface area contributed by atoms with Gasteiger partial charge in [0, 0.05) is 19.0 Å². The number of aryl methyl sites for hydroxylation is 2. The van der Waals surface area contributed by atoms with E-state index in [0.29, 0.717) is 6.42 Å². The molecule has 0 aliphatic heterocycles. The van der Waals surface area contributed by atoms with Gasteiger partial charge < -0.3 is 11.1 Å². The molecular weight excluding hydrogens is 248 g/mol. The summed E-state index contributed by atoms with van der Waals surface area (Å²) in [7, 11) is 0. The van der Waals surface area contributed by atoms with Crippen LogP contribution in [0.3, 0.4) is 0 Å². The van der Waals surface area contributed by atoms with Crippen LogP contribution in [0.4, 0.5) is 0 Å². The maximum atomic E-state index is 11.6. The van der Waals surface area contributed by atoms with Crippen LogP contribution >= 0.6 is 0 Å². The molecule has 3 N–H and O–H groups in total. The molecule has 20 heavy (non-hydrogen) atoms. The van der Waals surface area contributed by atoms with Crippen molar-refractivity contribution < 1.29 is 4.79 Å². The Bertz CT molecular complexity index is 384. The molecule has 1 aromatic rings. The third-order valence-corrected chi connectivity index (χ3v) is 3.40. The summed E-state index contributed by atoms with van der Waals surface area (Å²) in [4.78, 5) is 11.6. The topological polar surface area (TPSA) is 55.1 Å². The van der Waals surface area contributed by atoms with Crippen LogP contribution in [0.1, 0.15) is 50.2 Å². The second-order valence-electron chi connectivity index (χ2n) is 5.66. The fourth-order valence-electron chi connectivity index (χ4n) is 2.12. The van der Waals surface area contributed by atoms with Gasteiger partial charge >= 0.3 is 0 Å². The van der Waals surface area contributed by atoms with E-state index in [1.54, 1.807) is 0 Å². The highest BCUT2D eigenvalue weighted by molar-refractivity contribution is 5.75. The van der Waals surface area contributed by atoms with Crippen LogP contribution in [-0.4, -0.2) is 18.5 Å². The highest BCUT2D eigenvalue weighted by Gasteiger charge is 2.01. The lowest BCUT2D eigenvalue weighted by Gasteiger charge is -2.07. The van der Waals surface area contributed by atoms with Gasteiger partial charge in [0.25, 0.3) is 0 Å². The first-order valence-electron chi connectivity index (χ1n) is 7.66. The Hall–Kier alpha value is -1.35. The molecule has 0 spiro atoms. The summed E-state index contributed by atoms with van der Waals surface area (Å²) in [6, 6.07) is 8.78. The number of amides is 1. The molecule has 3 heteroatoms. The van der Waals surface area contributed by atoms with Crippen LogP contribution in [0.25, 0.3) is 0 Å². The maximum Gasteiger partial charge on any atom is 0.220 e. The number of hydrogen-bond acceptors (Lipinski definition) is 2. The van der Waals surface area contributed by atoms with E-state index in [9.17, 15) is 4.79 Å². The highest BCUT2D eigenvalue weighted by atomic mass is 16.1.